The third-order valence-electron chi connectivity index (χ3n) is 4.08. The first-order valence-electron chi connectivity index (χ1n) is 7.77. The van der Waals surface area contributed by atoms with Crippen molar-refractivity contribution >= 4 is 0 Å². The van der Waals surface area contributed by atoms with Gasteiger partial charge in [-0.1, -0.05) is 24.3 Å². The highest BCUT2D eigenvalue weighted by molar-refractivity contribution is 5.68. The molecule has 1 N–H and O–H groups in total. The minimum atomic E-state index is 0.636. The van der Waals surface area contributed by atoms with Crippen molar-refractivity contribution in [2.75, 3.05) is 19.7 Å². The third-order valence-corrected chi connectivity index (χ3v) is 4.08. The summed E-state index contributed by atoms with van der Waals surface area (Å²) in [6.45, 7) is 4.88. The van der Waals surface area contributed by atoms with Crippen molar-refractivity contribution in [3.63, 3.8) is 0 Å². The van der Waals surface area contributed by atoms with Gasteiger partial charge in [0, 0.05) is 11.8 Å². The summed E-state index contributed by atoms with van der Waals surface area (Å²) in [6.07, 6.45) is 4.24. The molecule has 3 nitrogen and oxygen atoms in total. The van der Waals surface area contributed by atoms with Crippen LogP contribution in [0.3, 0.4) is 0 Å². The molecule has 0 aliphatic carbocycles. The second-order valence-electron chi connectivity index (χ2n) is 5.44. The quantitative estimate of drug-likeness (QED) is 0.930. The molecule has 0 bridgehead atoms. The first-order chi connectivity index (χ1) is 10.4. The topological polar surface area (TPSA) is 34.1 Å². The van der Waals surface area contributed by atoms with Crippen LogP contribution in [0.25, 0.3) is 11.1 Å². The zero-order chi connectivity index (χ0) is 14.5. The first-order valence-corrected chi connectivity index (χ1v) is 7.77. The summed E-state index contributed by atoms with van der Waals surface area (Å²) < 4.78 is 5.62. The van der Waals surface area contributed by atoms with Gasteiger partial charge in [0.25, 0.3) is 0 Å². The molecular formula is C18H22N2O. The minimum absolute atomic E-state index is 0.636. The molecule has 0 amide bonds. The van der Waals surface area contributed by atoms with Gasteiger partial charge in [0.15, 0.2) is 0 Å². The predicted molar refractivity (Wildman–Crippen MR) is 85.7 cm³/mol. The molecule has 0 spiro atoms. The lowest BCUT2D eigenvalue weighted by Gasteiger charge is -2.23. The van der Waals surface area contributed by atoms with Crippen LogP contribution in [-0.4, -0.2) is 24.7 Å². The molecule has 2 heterocycles. The highest BCUT2D eigenvalue weighted by atomic mass is 16.5. The summed E-state index contributed by atoms with van der Waals surface area (Å²) >= 11 is 0. The van der Waals surface area contributed by atoms with Gasteiger partial charge in [-0.15, -0.1) is 0 Å². The van der Waals surface area contributed by atoms with Gasteiger partial charge in [-0.25, -0.2) is 4.98 Å². The SMILES string of the molecule is CCOc1ncccc1-c1ccc(C2CCNCC2)cc1. The zero-order valence-electron chi connectivity index (χ0n) is 12.5. The van der Waals surface area contributed by atoms with Crippen LogP contribution in [-0.2, 0) is 0 Å². The van der Waals surface area contributed by atoms with Crippen LogP contribution in [0.1, 0.15) is 31.2 Å². The average Bonchev–Trinajstić information content (AvgIpc) is 2.57. The largest absolute Gasteiger partial charge is 0.478 e. The van der Waals surface area contributed by atoms with Crippen molar-refractivity contribution in [1.29, 1.82) is 0 Å². The fraction of sp³-hybridized carbons (Fsp3) is 0.389. The van der Waals surface area contributed by atoms with Crippen LogP contribution in [0.4, 0.5) is 0 Å². The molecule has 110 valence electrons. The molecule has 0 radical (unpaired) electrons. The van der Waals surface area contributed by atoms with E-state index < -0.39 is 0 Å². The van der Waals surface area contributed by atoms with Gasteiger partial charge in [0.05, 0.1) is 6.61 Å². The second-order valence-corrected chi connectivity index (χ2v) is 5.44. The fourth-order valence-electron chi connectivity index (χ4n) is 2.95. The molecule has 1 aromatic heterocycles. The monoisotopic (exact) mass is 282 g/mol. The van der Waals surface area contributed by atoms with Crippen molar-refractivity contribution < 1.29 is 4.74 Å². The van der Waals surface area contributed by atoms with E-state index in [1.165, 1.54) is 24.0 Å². The maximum absolute atomic E-state index is 5.62. The van der Waals surface area contributed by atoms with Crippen LogP contribution < -0.4 is 10.1 Å². The summed E-state index contributed by atoms with van der Waals surface area (Å²) in [5, 5.41) is 3.42. The minimum Gasteiger partial charge on any atom is -0.478 e. The molecule has 2 aromatic rings. The van der Waals surface area contributed by atoms with Crippen molar-refractivity contribution in [3.8, 4) is 17.0 Å². The molecule has 0 atom stereocenters. The Labute approximate surface area is 126 Å². The fourth-order valence-corrected chi connectivity index (χ4v) is 2.95. The van der Waals surface area contributed by atoms with E-state index in [-0.39, 0.29) is 0 Å². The highest BCUT2D eigenvalue weighted by Gasteiger charge is 2.15. The number of pyridine rings is 1. The van der Waals surface area contributed by atoms with Crippen LogP contribution in [0.5, 0.6) is 5.88 Å². The van der Waals surface area contributed by atoms with Crippen LogP contribution in [0, 0.1) is 0 Å². The van der Waals surface area contributed by atoms with Crippen LogP contribution >= 0.6 is 0 Å². The molecule has 1 fully saturated rings. The molecule has 1 aliphatic rings. The van der Waals surface area contributed by atoms with Gasteiger partial charge in [-0.3, -0.25) is 0 Å². The molecule has 1 aliphatic heterocycles. The number of nitrogens with one attached hydrogen (secondary N) is 1. The summed E-state index contributed by atoms with van der Waals surface area (Å²) in [5.41, 5.74) is 3.68. The summed E-state index contributed by atoms with van der Waals surface area (Å²) in [5.74, 6) is 1.41. The normalized spacial score (nSPS) is 15.9. The Bertz CT molecular complexity index is 574. The van der Waals surface area contributed by atoms with E-state index in [2.05, 4.69) is 40.6 Å². The van der Waals surface area contributed by atoms with Crippen LogP contribution in [0.15, 0.2) is 42.6 Å². The molecule has 1 saturated heterocycles. The standard InChI is InChI=1S/C18H22N2O/c1-2-21-18-17(4-3-11-20-18)16-7-5-14(6-8-16)15-9-12-19-13-10-15/h3-8,11,15,19H,2,9-10,12-13H2,1H3. The number of piperidine rings is 1. The summed E-state index contributed by atoms with van der Waals surface area (Å²) in [7, 11) is 0. The van der Waals surface area contributed by atoms with Gasteiger partial charge < -0.3 is 10.1 Å². The van der Waals surface area contributed by atoms with Crippen molar-refractivity contribution in [2.24, 2.45) is 0 Å². The van der Waals surface area contributed by atoms with Gasteiger partial charge in [-0.2, -0.15) is 0 Å². The van der Waals surface area contributed by atoms with Gasteiger partial charge in [0.1, 0.15) is 0 Å². The Balaban J connectivity index is 1.83. The molecule has 21 heavy (non-hydrogen) atoms. The number of benzene rings is 1. The van der Waals surface area contributed by atoms with Crippen molar-refractivity contribution in [1.82, 2.24) is 10.3 Å². The van der Waals surface area contributed by atoms with Gasteiger partial charge >= 0.3 is 0 Å². The number of nitrogens with zero attached hydrogens (tertiary/aromatic N) is 1. The maximum Gasteiger partial charge on any atom is 0.221 e. The number of aromatic nitrogens is 1. The summed E-state index contributed by atoms with van der Waals surface area (Å²) in [6, 6.07) is 12.9. The Hall–Kier alpha value is -1.87. The average molecular weight is 282 g/mol. The van der Waals surface area contributed by atoms with E-state index in [0.29, 0.717) is 12.5 Å². The van der Waals surface area contributed by atoms with Crippen molar-refractivity contribution in [2.45, 2.75) is 25.7 Å². The Kier molecular flexibility index (Phi) is 4.51. The van der Waals surface area contributed by atoms with E-state index in [4.69, 9.17) is 4.74 Å². The lowest BCUT2D eigenvalue weighted by Crippen LogP contribution is -2.26. The maximum atomic E-state index is 5.62. The van der Waals surface area contributed by atoms with E-state index in [1.807, 2.05) is 13.0 Å². The Morgan fingerprint density at radius 2 is 1.90 bits per heavy atom. The number of hydrogen-bond donors (Lipinski definition) is 1. The van der Waals surface area contributed by atoms with E-state index in [9.17, 15) is 0 Å². The molecular weight excluding hydrogens is 260 g/mol. The lowest BCUT2D eigenvalue weighted by molar-refractivity contribution is 0.328. The zero-order valence-corrected chi connectivity index (χ0v) is 12.5. The highest BCUT2D eigenvalue weighted by Crippen LogP contribution is 2.31. The van der Waals surface area contributed by atoms with E-state index >= 15 is 0 Å². The van der Waals surface area contributed by atoms with E-state index in [0.717, 1.165) is 24.5 Å². The Morgan fingerprint density at radius 1 is 1.14 bits per heavy atom. The van der Waals surface area contributed by atoms with Gasteiger partial charge in [0.2, 0.25) is 5.88 Å². The van der Waals surface area contributed by atoms with E-state index in [1.54, 1.807) is 6.20 Å². The number of rotatable bonds is 4. The second kappa shape index (κ2) is 6.72. The smallest absolute Gasteiger partial charge is 0.221 e. The first kappa shape index (κ1) is 14.1. The predicted octanol–water partition coefficient (Wildman–Crippen LogP) is 3.61. The Morgan fingerprint density at radius 3 is 2.62 bits per heavy atom. The molecule has 0 unspecified atom stereocenters. The molecule has 3 heteroatoms. The van der Waals surface area contributed by atoms with Crippen LogP contribution in [0.2, 0.25) is 0 Å². The lowest BCUT2D eigenvalue weighted by atomic mass is 9.89. The number of hydrogen-bond acceptors (Lipinski definition) is 3. The molecule has 0 saturated carbocycles. The van der Waals surface area contributed by atoms with Gasteiger partial charge in [-0.05, 0) is 62.0 Å². The summed E-state index contributed by atoms with van der Waals surface area (Å²) in [4.78, 5) is 4.33. The molecule has 1 aromatic carbocycles. The molecule has 3 rings (SSSR count). The van der Waals surface area contributed by atoms with Crippen molar-refractivity contribution in [3.05, 3.63) is 48.2 Å². The number of ether oxygens (including phenoxy) is 1. The third kappa shape index (κ3) is 3.24.